The summed E-state index contributed by atoms with van der Waals surface area (Å²) in [4.78, 5) is 0. The van der Waals surface area contributed by atoms with E-state index in [9.17, 15) is 13.0 Å². The lowest BCUT2D eigenvalue weighted by Crippen LogP contribution is -2.35. The largest absolute Gasteiger partial charge is 0.748 e. The van der Waals surface area contributed by atoms with Gasteiger partial charge in [-0.1, -0.05) is 0 Å². The molecule has 0 bridgehead atoms. The van der Waals surface area contributed by atoms with Crippen molar-refractivity contribution in [3.8, 4) is 0 Å². The molecule has 13 heavy (non-hydrogen) atoms. The summed E-state index contributed by atoms with van der Waals surface area (Å²) in [6.45, 7) is 0. The van der Waals surface area contributed by atoms with Gasteiger partial charge in [0.1, 0.15) is 18.3 Å². The molecule has 0 radical (unpaired) electrons. The standard InChI is InChI=1S/C5H10O7S/c6-3-2(1-13(9,10)11)12-5(8)4(3)7/h2-8H,1H2,(H,9,10,11)/p-1/t2-,3+,4-,5?/m0/s1. The zero-order chi connectivity index (χ0) is 10.2. The highest BCUT2D eigenvalue weighted by molar-refractivity contribution is 7.85. The van der Waals surface area contributed by atoms with Crippen molar-refractivity contribution in [2.24, 2.45) is 0 Å². The Bertz CT molecular complexity index is 273. The molecule has 0 saturated carbocycles. The summed E-state index contributed by atoms with van der Waals surface area (Å²) in [6.07, 6.45) is -6.15. The minimum absolute atomic E-state index is 0.970. The summed E-state index contributed by atoms with van der Waals surface area (Å²) in [6, 6.07) is 0. The lowest BCUT2D eigenvalue weighted by molar-refractivity contribution is -0.123. The predicted molar refractivity (Wildman–Crippen MR) is 37.5 cm³/mol. The van der Waals surface area contributed by atoms with Gasteiger partial charge in [0, 0.05) is 0 Å². The van der Waals surface area contributed by atoms with Crippen LogP contribution in [0.25, 0.3) is 0 Å². The Kier molecular flexibility index (Phi) is 2.90. The second kappa shape index (κ2) is 3.48. The van der Waals surface area contributed by atoms with E-state index in [1.807, 2.05) is 0 Å². The molecule has 0 spiro atoms. The van der Waals surface area contributed by atoms with E-state index in [4.69, 9.17) is 15.3 Å². The molecule has 1 rings (SSSR count). The van der Waals surface area contributed by atoms with E-state index < -0.39 is 40.5 Å². The normalized spacial score (nSPS) is 40.9. The van der Waals surface area contributed by atoms with Crippen LogP contribution < -0.4 is 0 Å². The first kappa shape index (κ1) is 10.8. The zero-order valence-corrected chi connectivity index (χ0v) is 7.22. The van der Waals surface area contributed by atoms with Crippen LogP contribution in [-0.2, 0) is 14.9 Å². The van der Waals surface area contributed by atoms with Crippen LogP contribution in [0.15, 0.2) is 0 Å². The number of ether oxygens (including phenoxy) is 1. The second-order valence-corrected chi connectivity index (χ2v) is 4.22. The Morgan fingerprint density at radius 3 is 2.08 bits per heavy atom. The van der Waals surface area contributed by atoms with Crippen molar-refractivity contribution in [3.05, 3.63) is 0 Å². The summed E-state index contributed by atoms with van der Waals surface area (Å²) in [5, 5.41) is 26.8. The van der Waals surface area contributed by atoms with E-state index in [1.165, 1.54) is 0 Å². The van der Waals surface area contributed by atoms with Gasteiger partial charge < -0.3 is 24.6 Å². The van der Waals surface area contributed by atoms with Crippen molar-refractivity contribution in [2.45, 2.75) is 24.6 Å². The van der Waals surface area contributed by atoms with Gasteiger partial charge in [0.15, 0.2) is 6.29 Å². The zero-order valence-electron chi connectivity index (χ0n) is 6.40. The Labute approximate surface area is 74.3 Å². The fourth-order valence-electron chi connectivity index (χ4n) is 1.07. The van der Waals surface area contributed by atoms with Crippen molar-refractivity contribution < 1.29 is 33.0 Å². The average molecular weight is 213 g/mol. The lowest BCUT2D eigenvalue weighted by atomic mass is 10.2. The molecule has 78 valence electrons. The molecule has 7 nitrogen and oxygen atoms in total. The van der Waals surface area contributed by atoms with Gasteiger partial charge in [0.2, 0.25) is 0 Å². The van der Waals surface area contributed by atoms with E-state index in [0.29, 0.717) is 0 Å². The minimum atomic E-state index is -4.54. The predicted octanol–water partition coefficient (Wildman–Crippen LogP) is -3.03. The molecule has 0 aromatic heterocycles. The van der Waals surface area contributed by atoms with Crippen LogP contribution in [0.4, 0.5) is 0 Å². The van der Waals surface area contributed by atoms with Crippen molar-refractivity contribution in [1.29, 1.82) is 0 Å². The Hall–Kier alpha value is -0.250. The molecule has 1 heterocycles. The Balaban J connectivity index is 2.64. The molecular formula is C5H9O7S-. The lowest BCUT2D eigenvalue weighted by Gasteiger charge is -2.15. The van der Waals surface area contributed by atoms with Crippen LogP contribution in [0.5, 0.6) is 0 Å². The van der Waals surface area contributed by atoms with E-state index in [2.05, 4.69) is 4.74 Å². The van der Waals surface area contributed by atoms with E-state index in [1.54, 1.807) is 0 Å². The monoisotopic (exact) mass is 213 g/mol. The molecule has 0 amide bonds. The second-order valence-electron chi connectivity index (χ2n) is 2.77. The quantitative estimate of drug-likeness (QED) is 0.416. The highest BCUT2D eigenvalue weighted by atomic mass is 32.2. The molecule has 3 N–H and O–H groups in total. The maximum absolute atomic E-state index is 10.2. The van der Waals surface area contributed by atoms with Gasteiger partial charge in [-0.05, 0) is 0 Å². The Morgan fingerprint density at radius 1 is 1.23 bits per heavy atom. The smallest absolute Gasteiger partial charge is 0.183 e. The Morgan fingerprint density at radius 2 is 1.77 bits per heavy atom. The first-order chi connectivity index (χ1) is 5.81. The number of hydrogen-bond acceptors (Lipinski definition) is 7. The molecule has 0 aromatic rings. The van der Waals surface area contributed by atoms with Gasteiger partial charge >= 0.3 is 0 Å². The maximum atomic E-state index is 10.2. The fourth-order valence-corrected chi connectivity index (χ4v) is 1.75. The van der Waals surface area contributed by atoms with Crippen LogP contribution in [0, 0.1) is 0 Å². The van der Waals surface area contributed by atoms with Gasteiger partial charge in [-0.3, -0.25) is 0 Å². The first-order valence-corrected chi connectivity index (χ1v) is 5.02. The van der Waals surface area contributed by atoms with Crippen molar-refractivity contribution in [3.63, 3.8) is 0 Å². The summed E-state index contributed by atoms with van der Waals surface area (Å²) in [5.74, 6) is -0.970. The summed E-state index contributed by atoms with van der Waals surface area (Å²) in [7, 11) is -4.54. The summed E-state index contributed by atoms with van der Waals surface area (Å²) >= 11 is 0. The van der Waals surface area contributed by atoms with Crippen molar-refractivity contribution in [1.82, 2.24) is 0 Å². The fraction of sp³-hybridized carbons (Fsp3) is 1.00. The topological polar surface area (TPSA) is 127 Å². The minimum Gasteiger partial charge on any atom is -0.748 e. The van der Waals surface area contributed by atoms with Crippen LogP contribution >= 0.6 is 0 Å². The molecule has 1 saturated heterocycles. The van der Waals surface area contributed by atoms with Crippen LogP contribution in [0.3, 0.4) is 0 Å². The van der Waals surface area contributed by atoms with E-state index >= 15 is 0 Å². The molecule has 1 fully saturated rings. The van der Waals surface area contributed by atoms with Crippen LogP contribution in [0.2, 0.25) is 0 Å². The first-order valence-electron chi connectivity index (χ1n) is 3.44. The number of rotatable bonds is 2. The van der Waals surface area contributed by atoms with Crippen molar-refractivity contribution >= 4 is 10.1 Å². The summed E-state index contributed by atoms with van der Waals surface area (Å²) in [5.41, 5.74) is 0. The molecule has 8 heteroatoms. The van der Waals surface area contributed by atoms with Crippen LogP contribution in [-0.4, -0.2) is 58.6 Å². The highest BCUT2D eigenvalue weighted by Gasteiger charge is 2.42. The van der Waals surface area contributed by atoms with Gasteiger partial charge in [-0.25, -0.2) is 8.42 Å². The van der Waals surface area contributed by atoms with Crippen LogP contribution in [0.1, 0.15) is 0 Å². The van der Waals surface area contributed by atoms with E-state index in [0.717, 1.165) is 0 Å². The summed E-state index contributed by atoms with van der Waals surface area (Å²) < 4.78 is 35.1. The third-order valence-electron chi connectivity index (χ3n) is 1.71. The molecule has 1 aliphatic heterocycles. The van der Waals surface area contributed by atoms with Gasteiger partial charge in [-0.15, -0.1) is 0 Å². The highest BCUT2D eigenvalue weighted by Crippen LogP contribution is 2.20. The number of aliphatic hydroxyl groups excluding tert-OH is 3. The molecule has 1 unspecified atom stereocenters. The van der Waals surface area contributed by atoms with E-state index in [-0.39, 0.29) is 0 Å². The number of aliphatic hydroxyl groups is 3. The molecule has 0 aliphatic carbocycles. The SMILES string of the molecule is O=S(=O)([O-])C[C@@H]1OC(O)[C@@H](O)[C@@H]1O. The van der Waals surface area contributed by atoms with Crippen molar-refractivity contribution in [2.75, 3.05) is 5.75 Å². The average Bonchev–Trinajstić information content (AvgIpc) is 2.15. The third-order valence-corrected chi connectivity index (χ3v) is 2.44. The van der Waals surface area contributed by atoms with Gasteiger partial charge in [0.25, 0.3) is 0 Å². The van der Waals surface area contributed by atoms with Gasteiger partial charge in [-0.2, -0.15) is 0 Å². The van der Waals surface area contributed by atoms with Gasteiger partial charge in [0.05, 0.1) is 15.9 Å². The number of hydrogen-bond donors (Lipinski definition) is 3. The molecular weight excluding hydrogens is 204 g/mol. The third kappa shape index (κ3) is 2.59. The maximum Gasteiger partial charge on any atom is 0.183 e. The molecule has 0 aromatic carbocycles. The molecule has 1 aliphatic rings. The molecule has 4 atom stereocenters.